The molecular weight excluding hydrogens is 266 g/mol. The molecule has 0 aliphatic carbocycles. The van der Waals surface area contributed by atoms with E-state index in [2.05, 4.69) is 6.92 Å². The van der Waals surface area contributed by atoms with E-state index >= 15 is 0 Å². The van der Waals surface area contributed by atoms with Gasteiger partial charge in [-0.05, 0) is 12.5 Å². The molecular formula is C17H21NO3. The van der Waals surface area contributed by atoms with E-state index in [1.807, 2.05) is 29.2 Å². The number of nitrogens with zero attached hydrogens (tertiary/aromatic N) is 1. The summed E-state index contributed by atoms with van der Waals surface area (Å²) in [5.41, 5.74) is 1.56. The van der Waals surface area contributed by atoms with Crippen LogP contribution in [-0.2, 0) is 11.2 Å². The molecule has 21 heavy (non-hydrogen) atoms. The van der Waals surface area contributed by atoms with Gasteiger partial charge in [0, 0.05) is 24.9 Å². The lowest BCUT2D eigenvalue weighted by Crippen LogP contribution is -2.40. The van der Waals surface area contributed by atoms with E-state index in [1.165, 1.54) is 0 Å². The van der Waals surface area contributed by atoms with Gasteiger partial charge in [-0.3, -0.25) is 4.79 Å². The second-order valence-corrected chi connectivity index (χ2v) is 5.40. The van der Waals surface area contributed by atoms with Gasteiger partial charge in [0.2, 0.25) is 0 Å². The molecule has 1 amide bonds. The predicted molar refractivity (Wildman–Crippen MR) is 81.5 cm³/mol. The largest absolute Gasteiger partial charge is 0.460 e. The van der Waals surface area contributed by atoms with Gasteiger partial charge in [-0.25, -0.2) is 0 Å². The Kier molecular flexibility index (Phi) is 4.25. The van der Waals surface area contributed by atoms with Crippen molar-refractivity contribution in [2.24, 2.45) is 0 Å². The molecule has 0 atom stereocenters. The predicted octanol–water partition coefficient (Wildman–Crippen LogP) is 3.25. The van der Waals surface area contributed by atoms with Gasteiger partial charge in [-0.15, -0.1) is 0 Å². The first-order valence-electron chi connectivity index (χ1n) is 7.68. The fourth-order valence-electron chi connectivity index (χ4n) is 2.77. The maximum absolute atomic E-state index is 12.9. The van der Waals surface area contributed by atoms with Crippen molar-refractivity contribution >= 4 is 16.9 Å². The van der Waals surface area contributed by atoms with E-state index in [1.54, 1.807) is 0 Å². The molecule has 0 radical (unpaired) electrons. The highest BCUT2D eigenvalue weighted by Gasteiger charge is 2.25. The van der Waals surface area contributed by atoms with E-state index in [0.717, 1.165) is 41.6 Å². The van der Waals surface area contributed by atoms with Crippen LogP contribution in [-0.4, -0.2) is 37.1 Å². The molecule has 3 rings (SSSR count). The molecule has 0 unspecified atom stereocenters. The Morgan fingerprint density at radius 3 is 2.76 bits per heavy atom. The highest BCUT2D eigenvalue weighted by atomic mass is 16.5. The maximum atomic E-state index is 12.9. The van der Waals surface area contributed by atoms with Crippen molar-refractivity contribution in [3.63, 3.8) is 0 Å². The van der Waals surface area contributed by atoms with Crippen molar-refractivity contribution < 1.29 is 13.9 Å². The smallest absolute Gasteiger partial charge is 0.258 e. The highest BCUT2D eigenvalue weighted by molar-refractivity contribution is 6.07. The van der Waals surface area contributed by atoms with Gasteiger partial charge in [-0.2, -0.15) is 0 Å². The molecule has 1 aliphatic rings. The van der Waals surface area contributed by atoms with Gasteiger partial charge in [0.1, 0.15) is 11.3 Å². The summed E-state index contributed by atoms with van der Waals surface area (Å²) in [6.07, 6.45) is 2.93. The number of hydrogen-bond acceptors (Lipinski definition) is 3. The van der Waals surface area contributed by atoms with Crippen LogP contribution in [0.25, 0.3) is 11.0 Å². The molecule has 1 aromatic carbocycles. The zero-order chi connectivity index (χ0) is 14.7. The molecule has 2 aromatic rings. The average Bonchev–Trinajstić information content (AvgIpc) is 2.91. The van der Waals surface area contributed by atoms with Crippen LogP contribution in [0, 0.1) is 0 Å². The second kappa shape index (κ2) is 6.31. The van der Waals surface area contributed by atoms with Crippen LogP contribution in [0.2, 0.25) is 0 Å². The normalized spacial score (nSPS) is 15.6. The highest BCUT2D eigenvalue weighted by Crippen LogP contribution is 2.28. The number of morpholine rings is 1. The van der Waals surface area contributed by atoms with Gasteiger partial charge in [0.25, 0.3) is 5.91 Å². The van der Waals surface area contributed by atoms with Gasteiger partial charge in [0.15, 0.2) is 0 Å². The van der Waals surface area contributed by atoms with Crippen LogP contribution < -0.4 is 0 Å². The fraction of sp³-hybridized carbons (Fsp3) is 0.471. The summed E-state index contributed by atoms with van der Waals surface area (Å²) < 4.78 is 11.3. The van der Waals surface area contributed by atoms with E-state index in [0.29, 0.717) is 26.3 Å². The zero-order valence-corrected chi connectivity index (χ0v) is 12.4. The van der Waals surface area contributed by atoms with Crippen molar-refractivity contribution in [1.29, 1.82) is 0 Å². The van der Waals surface area contributed by atoms with Gasteiger partial charge in [0.05, 0.1) is 18.8 Å². The quantitative estimate of drug-likeness (QED) is 0.867. The Morgan fingerprint density at radius 2 is 2.00 bits per heavy atom. The van der Waals surface area contributed by atoms with Crippen molar-refractivity contribution in [2.75, 3.05) is 26.3 Å². The number of para-hydroxylation sites is 1. The lowest BCUT2D eigenvalue weighted by molar-refractivity contribution is 0.0302. The average molecular weight is 287 g/mol. The van der Waals surface area contributed by atoms with Gasteiger partial charge < -0.3 is 14.1 Å². The van der Waals surface area contributed by atoms with Crippen LogP contribution in [0.4, 0.5) is 0 Å². The number of aryl methyl sites for hydroxylation is 1. The maximum Gasteiger partial charge on any atom is 0.258 e. The molecule has 4 heteroatoms. The summed E-state index contributed by atoms with van der Waals surface area (Å²) in [5.74, 6) is 0.906. The molecule has 112 valence electrons. The number of rotatable bonds is 4. The molecule has 0 saturated carbocycles. The molecule has 1 fully saturated rings. The summed E-state index contributed by atoms with van der Waals surface area (Å²) in [7, 11) is 0. The number of carbonyl (C=O) groups is 1. The molecule has 0 spiro atoms. The fourth-order valence-corrected chi connectivity index (χ4v) is 2.77. The molecule has 1 saturated heterocycles. The van der Waals surface area contributed by atoms with Crippen LogP contribution in [0.5, 0.6) is 0 Å². The van der Waals surface area contributed by atoms with Crippen LogP contribution in [0.1, 0.15) is 35.9 Å². The minimum absolute atomic E-state index is 0.0781. The Labute approximate surface area is 124 Å². The molecule has 1 aliphatic heterocycles. The standard InChI is InChI=1S/C17H21NO3/c1-2-3-7-15-16(13-6-4-5-8-14(13)21-15)17(19)18-9-11-20-12-10-18/h4-6,8H,2-3,7,9-12H2,1H3. The van der Waals surface area contributed by atoms with E-state index in [9.17, 15) is 4.79 Å². The first-order valence-corrected chi connectivity index (χ1v) is 7.68. The number of benzene rings is 1. The summed E-state index contributed by atoms with van der Waals surface area (Å²) in [4.78, 5) is 14.7. The number of furan rings is 1. The lowest BCUT2D eigenvalue weighted by atomic mass is 10.1. The van der Waals surface area contributed by atoms with Gasteiger partial charge in [-0.1, -0.05) is 31.5 Å². The molecule has 0 bridgehead atoms. The second-order valence-electron chi connectivity index (χ2n) is 5.40. The van der Waals surface area contributed by atoms with Crippen LogP contribution in [0.3, 0.4) is 0 Å². The molecule has 0 N–H and O–H groups in total. The number of carbonyl (C=O) groups excluding carboxylic acids is 1. The summed E-state index contributed by atoms with van der Waals surface area (Å²) in [6, 6.07) is 7.80. The van der Waals surface area contributed by atoms with E-state index < -0.39 is 0 Å². The number of unbranched alkanes of at least 4 members (excludes halogenated alkanes) is 1. The molecule has 1 aromatic heterocycles. The number of ether oxygens (including phenoxy) is 1. The first-order chi connectivity index (χ1) is 10.3. The Balaban J connectivity index is 1.99. The number of amides is 1. The van der Waals surface area contributed by atoms with E-state index in [4.69, 9.17) is 9.15 Å². The summed E-state index contributed by atoms with van der Waals surface area (Å²) >= 11 is 0. The van der Waals surface area contributed by atoms with Crippen molar-refractivity contribution in [2.45, 2.75) is 26.2 Å². The third kappa shape index (κ3) is 2.81. The van der Waals surface area contributed by atoms with Crippen molar-refractivity contribution in [1.82, 2.24) is 4.90 Å². The van der Waals surface area contributed by atoms with Gasteiger partial charge >= 0.3 is 0 Å². The SMILES string of the molecule is CCCCc1oc2ccccc2c1C(=O)N1CCOCC1. The minimum atomic E-state index is 0.0781. The first kappa shape index (κ1) is 14.1. The zero-order valence-electron chi connectivity index (χ0n) is 12.4. The Bertz CT molecular complexity index is 626. The van der Waals surface area contributed by atoms with Crippen molar-refractivity contribution in [3.05, 3.63) is 35.6 Å². The summed E-state index contributed by atoms with van der Waals surface area (Å²) in [5, 5.41) is 0.931. The van der Waals surface area contributed by atoms with Crippen LogP contribution >= 0.6 is 0 Å². The third-order valence-electron chi connectivity index (χ3n) is 3.94. The monoisotopic (exact) mass is 287 g/mol. The third-order valence-corrected chi connectivity index (χ3v) is 3.94. The number of hydrogen-bond donors (Lipinski definition) is 0. The topological polar surface area (TPSA) is 42.7 Å². The van der Waals surface area contributed by atoms with Crippen LogP contribution in [0.15, 0.2) is 28.7 Å². The Morgan fingerprint density at radius 1 is 1.24 bits per heavy atom. The minimum Gasteiger partial charge on any atom is -0.460 e. The lowest BCUT2D eigenvalue weighted by Gasteiger charge is -2.26. The summed E-state index contributed by atoms with van der Waals surface area (Å²) in [6.45, 7) is 4.70. The van der Waals surface area contributed by atoms with Crippen molar-refractivity contribution in [3.8, 4) is 0 Å². The Hall–Kier alpha value is -1.81. The molecule has 2 heterocycles. The number of fused-ring (bicyclic) bond motifs is 1. The van der Waals surface area contributed by atoms with E-state index in [-0.39, 0.29) is 5.91 Å². The molecule has 4 nitrogen and oxygen atoms in total.